The SMILES string of the molecule is C/C=C/C=C/CN(C(/C=C/C)CC(=O)OC(C)(C)C)C(C)c1ccccc1. The van der Waals surface area contributed by atoms with Gasteiger partial charge in [-0.15, -0.1) is 0 Å². The first-order valence-corrected chi connectivity index (χ1v) is 9.71. The number of esters is 1. The van der Waals surface area contributed by atoms with Crippen LogP contribution in [0.2, 0.25) is 0 Å². The van der Waals surface area contributed by atoms with E-state index in [9.17, 15) is 4.79 Å². The van der Waals surface area contributed by atoms with Gasteiger partial charge in [-0.05, 0) is 47.1 Å². The van der Waals surface area contributed by atoms with E-state index in [1.54, 1.807) is 0 Å². The highest BCUT2D eigenvalue weighted by molar-refractivity contribution is 5.71. The molecule has 0 saturated carbocycles. The monoisotopic (exact) mass is 369 g/mol. The van der Waals surface area contributed by atoms with E-state index in [2.05, 4.69) is 48.2 Å². The first kappa shape index (κ1) is 22.9. The van der Waals surface area contributed by atoms with Crippen LogP contribution in [0, 0.1) is 0 Å². The van der Waals surface area contributed by atoms with Crippen LogP contribution in [0.3, 0.4) is 0 Å². The van der Waals surface area contributed by atoms with Crippen molar-refractivity contribution in [3.8, 4) is 0 Å². The second-order valence-corrected chi connectivity index (χ2v) is 7.62. The number of carbonyl (C=O) groups is 1. The third-order valence-corrected chi connectivity index (χ3v) is 4.17. The van der Waals surface area contributed by atoms with E-state index in [0.29, 0.717) is 6.42 Å². The van der Waals surface area contributed by atoms with E-state index >= 15 is 0 Å². The van der Waals surface area contributed by atoms with Crippen molar-refractivity contribution >= 4 is 5.97 Å². The van der Waals surface area contributed by atoms with Crippen LogP contribution in [0.5, 0.6) is 0 Å². The maximum atomic E-state index is 12.5. The van der Waals surface area contributed by atoms with Gasteiger partial charge in [0, 0.05) is 18.6 Å². The van der Waals surface area contributed by atoms with E-state index in [-0.39, 0.29) is 18.1 Å². The molecule has 27 heavy (non-hydrogen) atoms. The topological polar surface area (TPSA) is 29.5 Å². The molecule has 1 rings (SSSR count). The Morgan fingerprint density at radius 2 is 1.78 bits per heavy atom. The van der Waals surface area contributed by atoms with Gasteiger partial charge in [0.2, 0.25) is 0 Å². The lowest BCUT2D eigenvalue weighted by atomic mass is 10.0. The lowest BCUT2D eigenvalue weighted by molar-refractivity contribution is -0.156. The Morgan fingerprint density at radius 1 is 1.11 bits per heavy atom. The molecular formula is C24H35NO2. The number of allylic oxidation sites excluding steroid dienone is 4. The van der Waals surface area contributed by atoms with E-state index in [4.69, 9.17) is 4.74 Å². The molecule has 0 bridgehead atoms. The summed E-state index contributed by atoms with van der Waals surface area (Å²) in [4.78, 5) is 14.8. The zero-order chi connectivity index (χ0) is 20.3. The van der Waals surface area contributed by atoms with E-state index in [1.807, 2.05) is 65.0 Å². The van der Waals surface area contributed by atoms with Gasteiger partial charge in [0.25, 0.3) is 0 Å². The molecule has 0 fully saturated rings. The minimum absolute atomic E-state index is 0.0321. The minimum atomic E-state index is -0.473. The fourth-order valence-corrected chi connectivity index (χ4v) is 2.95. The molecule has 3 heteroatoms. The van der Waals surface area contributed by atoms with Crippen molar-refractivity contribution in [3.05, 3.63) is 72.4 Å². The van der Waals surface area contributed by atoms with Crippen molar-refractivity contribution in [2.75, 3.05) is 6.54 Å². The van der Waals surface area contributed by atoms with Crippen LogP contribution >= 0.6 is 0 Å². The van der Waals surface area contributed by atoms with Crippen LogP contribution in [0.15, 0.2) is 66.8 Å². The highest BCUT2D eigenvalue weighted by atomic mass is 16.6. The number of rotatable bonds is 9. The van der Waals surface area contributed by atoms with Crippen molar-refractivity contribution in [2.45, 2.75) is 65.6 Å². The van der Waals surface area contributed by atoms with Gasteiger partial charge in [0.05, 0.1) is 6.42 Å². The molecule has 0 aliphatic carbocycles. The van der Waals surface area contributed by atoms with Gasteiger partial charge in [-0.1, -0.05) is 66.8 Å². The first-order chi connectivity index (χ1) is 12.8. The lowest BCUT2D eigenvalue weighted by Gasteiger charge is -2.34. The molecule has 148 valence electrons. The van der Waals surface area contributed by atoms with E-state index in [0.717, 1.165) is 6.54 Å². The minimum Gasteiger partial charge on any atom is -0.460 e. The predicted octanol–water partition coefficient (Wildman–Crippen LogP) is 5.86. The zero-order valence-corrected chi connectivity index (χ0v) is 17.7. The molecule has 2 unspecified atom stereocenters. The summed E-state index contributed by atoms with van der Waals surface area (Å²) in [6, 6.07) is 10.5. The molecule has 0 aromatic heterocycles. The summed E-state index contributed by atoms with van der Waals surface area (Å²) in [7, 11) is 0. The second kappa shape index (κ2) is 11.6. The summed E-state index contributed by atoms with van der Waals surface area (Å²) in [5, 5.41) is 0. The molecule has 0 radical (unpaired) electrons. The molecular weight excluding hydrogens is 334 g/mol. The van der Waals surface area contributed by atoms with Crippen LogP contribution in [0.4, 0.5) is 0 Å². The van der Waals surface area contributed by atoms with E-state index in [1.165, 1.54) is 5.56 Å². The van der Waals surface area contributed by atoms with Gasteiger partial charge < -0.3 is 4.74 Å². The number of hydrogen-bond acceptors (Lipinski definition) is 3. The molecule has 3 nitrogen and oxygen atoms in total. The summed E-state index contributed by atoms with van der Waals surface area (Å²) < 4.78 is 5.56. The third-order valence-electron chi connectivity index (χ3n) is 4.17. The summed E-state index contributed by atoms with van der Waals surface area (Å²) in [6.07, 6.45) is 12.6. The van der Waals surface area contributed by atoms with Crippen LogP contribution in [-0.2, 0) is 9.53 Å². The van der Waals surface area contributed by atoms with Crippen LogP contribution in [0.25, 0.3) is 0 Å². The van der Waals surface area contributed by atoms with Crippen molar-refractivity contribution < 1.29 is 9.53 Å². The molecule has 2 atom stereocenters. The standard InChI is InChI=1S/C24H35NO2/c1-7-9-10-14-18-25(20(3)21-16-12-11-13-17-21)22(15-8-2)19-23(26)27-24(4,5)6/h7-17,20,22H,18-19H2,1-6H3/b9-7+,14-10+,15-8+. The Hall–Kier alpha value is -2.13. The molecule has 1 aromatic carbocycles. The highest BCUT2D eigenvalue weighted by Gasteiger charge is 2.26. The van der Waals surface area contributed by atoms with Gasteiger partial charge in [0.15, 0.2) is 0 Å². The Labute approximate surface area is 165 Å². The van der Waals surface area contributed by atoms with Gasteiger partial charge in [-0.3, -0.25) is 9.69 Å². The second-order valence-electron chi connectivity index (χ2n) is 7.62. The average molecular weight is 370 g/mol. The van der Waals surface area contributed by atoms with E-state index < -0.39 is 5.60 Å². The first-order valence-electron chi connectivity index (χ1n) is 9.71. The van der Waals surface area contributed by atoms with Gasteiger partial charge in [-0.2, -0.15) is 0 Å². The Bertz CT molecular complexity index is 638. The quantitative estimate of drug-likeness (QED) is 0.310. The summed E-state index contributed by atoms with van der Waals surface area (Å²) in [5.74, 6) is -0.173. The molecule has 0 amide bonds. The van der Waals surface area contributed by atoms with Gasteiger partial charge in [-0.25, -0.2) is 0 Å². The Morgan fingerprint density at radius 3 is 2.33 bits per heavy atom. The fourth-order valence-electron chi connectivity index (χ4n) is 2.95. The smallest absolute Gasteiger partial charge is 0.308 e. The molecule has 0 aliphatic heterocycles. The molecule has 1 aromatic rings. The van der Waals surface area contributed by atoms with Crippen LogP contribution in [0.1, 0.15) is 59.6 Å². The molecule has 0 saturated heterocycles. The van der Waals surface area contributed by atoms with Crippen molar-refractivity contribution in [1.82, 2.24) is 4.90 Å². The average Bonchev–Trinajstić information content (AvgIpc) is 2.60. The summed E-state index contributed by atoms with van der Waals surface area (Å²) in [5.41, 5.74) is 0.759. The van der Waals surface area contributed by atoms with Crippen LogP contribution < -0.4 is 0 Å². The number of nitrogens with zero attached hydrogens (tertiary/aromatic N) is 1. The zero-order valence-electron chi connectivity index (χ0n) is 17.7. The lowest BCUT2D eigenvalue weighted by Crippen LogP contribution is -2.39. The molecule has 0 spiro atoms. The van der Waals surface area contributed by atoms with Crippen molar-refractivity contribution in [1.29, 1.82) is 0 Å². The fraction of sp³-hybridized carbons (Fsp3) is 0.458. The Kier molecular flexibility index (Phi) is 9.81. The largest absolute Gasteiger partial charge is 0.460 e. The molecule has 0 heterocycles. The van der Waals surface area contributed by atoms with Gasteiger partial charge in [0.1, 0.15) is 5.60 Å². The highest BCUT2D eigenvalue weighted by Crippen LogP contribution is 2.25. The van der Waals surface area contributed by atoms with Crippen LogP contribution in [-0.4, -0.2) is 29.1 Å². The number of ether oxygens (including phenoxy) is 1. The maximum Gasteiger partial charge on any atom is 0.308 e. The van der Waals surface area contributed by atoms with Crippen molar-refractivity contribution in [2.24, 2.45) is 0 Å². The number of hydrogen-bond donors (Lipinski definition) is 0. The number of carbonyl (C=O) groups excluding carboxylic acids is 1. The summed E-state index contributed by atoms with van der Waals surface area (Å²) in [6.45, 7) is 12.6. The molecule has 0 aliphatic rings. The third kappa shape index (κ3) is 8.87. The normalized spacial score (nSPS) is 15.1. The summed E-state index contributed by atoms with van der Waals surface area (Å²) >= 11 is 0. The van der Waals surface area contributed by atoms with Gasteiger partial charge >= 0.3 is 5.97 Å². The van der Waals surface area contributed by atoms with Crippen molar-refractivity contribution in [3.63, 3.8) is 0 Å². The molecule has 0 N–H and O–H groups in total. The predicted molar refractivity (Wildman–Crippen MR) is 115 cm³/mol. The Balaban J connectivity index is 3.08. The number of benzene rings is 1. The maximum absolute atomic E-state index is 12.5.